The van der Waals surface area contributed by atoms with Crippen LogP contribution >= 0.6 is 15.2 Å². The predicted molar refractivity (Wildman–Crippen MR) is 157 cm³/mol. The molecule has 0 N–H and O–H groups in total. The van der Waals surface area contributed by atoms with E-state index in [1.54, 1.807) is 69.2 Å². The van der Waals surface area contributed by atoms with Crippen molar-refractivity contribution in [3.8, 4) is 11.8 Å². The van der Waals surface area contributed by atoms with Gasteiger partial charge in [-0.15, -0.1) is 0 Å². The first kappa shape index (κ1) is 38.9. The lowest BCUT2D eigenvalue weighted by Gasteiger charge is -2.24. The van der Waals surface area contributed by atoms with E-state index in [9.17, 15) is 17.5 Å². The van der Waals surface area contributed by atoms with Crippen LogP contribution in [0.3, 0.4) is 0 Å². The highest BCUT2D eigenvalue weighted by Crippen LogP contribution is 2.51. The topological polar surface area (TPSA) is 168 Å². The first-order valence-electron chi connectivity index (χ1n) is 13.7. The number of rotatable bonds is 21. The van der Waals surface area contributed by atoms with Crippen LogP contribution in [0.1, 0.15) is 69.2 Å². The Morgan fingerprint density at radius 3 is 1.21 bits per heavy atom. The summed E-state index contributed by atoms with van der Waals surface area (Å²) in [5.74, 6) is -0.158. The lowest BCUT2D eigenvalue weighted by atomic mass is 10.4. The van der Waals surface area contributed by atoms with Crippen LogP contribution in [-0.2, 0) is 46.5 Å². The highest BCUT2D eigenvalue weighted by molar-refractivity contribution is 7.90. The fourth-order valence-corrected chi connectivity index (χ4v) is 7.39. The second kappa shape index (κ2) is 17.4. The largest absolute Gasteiger partial charge is 0.475 e. The van der Waals surface area contributed by atoms with Crippen molar-refractivity contribution < 1.29 is 54.6 Å². The van der Waals surface area contributed by atoms with Gasteiger partial charge in [0.1, 0.15) is 25.9 Å². The zero-order valence-corrected chi connectivity index (χ0v) is 29.1. The van der Waals surface area contributed by atoms with E-state index in [2.05, 4.69) is 9.97 Å². The van der Waals surface area contributed by atoms with Crippen LogP contribution < -0.4 is 9.47 Å². The SMILES string of the molecule is CC(C)OP(=O)(CO[C@H](C)COc1cc(OC[C@@H](C)OCP(=O)(OC(C)C)OC(C)C)nc(S(C)(=O)=O)n1)OC(C)C. The second-order valence-corrected chi connectivity index (χ2v) is 16.5. The van der Waals surface area contributed by atoms with E-state index in [0.717, 1.165) is 6.26 Å². The monoisotopic (exact) mass is 662 g/mol. The molecule has 1 heterocycles. The fraction of sp³-hybridized carbons (Fsp3) is 0.840. The molecule has 0 aliphatic rings. The Hall–Kier alpha value is -1.15. The summed E-state index contributed by atoms with van der Waals surface area (Å²) in [5, 5.41) is -0.502. The molecule has 0 unspecified atom stereocenters. The van der Waals surface area contributed by atoms with E-state index < -0.39 is 42.4 Å². The standard InChI is InChI=1S/C25H48N2O12P2S/c1-17(2)36-40(28,37-18(3)4)15-34-21(9)13-32-23-12-24(27-25(26-23)42(11,30)31)33-14-22(10)35-16-41(29,38-19(5)6)39-20(7)8/h12,17-22H,13-16H2,1-11H3/t21-,22-/m1/s1. The summed E-state index contributed by atoms with van der Waals surface area (Å²) in [5.41, 5.74) is 0. The van der Waals surface area contributed by atoms with Gasteiger partial charge in [-0.1, -0.05) is 0 Å². The van der Waals surface area contributed by atoms with Crippen molar-refractivity contribution in [2.75, 3.05) is 32.2 Å². The van der Waals surface area contributed by atoms with Crippen molar-refractivity contribution in [2.24, 2.45) is 0 Å². The van der Waals surface area contributed by atoms with Crippen molar-refractivity contribution in [3.63, 3.8) is 0 Å². The number of aromatic nitrogens is 2. The summed E-state index contributed by atoms with van der Waals surface area (Å²) in [6.07, 6.45) is -2.15. The van der Waals surface area contributed by atoms with E-state index in [-0.39, 0.29) is 62.1 Å². The minimum Gasteiger partial charge on any atom is -0.475 e. The number of hydrogen-bond donors (Lipinski definition) is 0. The van der Waals surface area contributed by atoms with Crippen LogP contribution in [0.15, 0.2) is 11.2 Å². The van der Waals surface area contributed by atoms with Crippen LogP contribution in [0.4, 0.5) is 0 Å². The average molecular weight is 663 g/mol. The zero-order chi connectivity index (χ0) is 32.3. The van der Waals surface area contributed by atoms with Crippen molar-refractivity contribution in [1.82, 2.24) is 9.97 Å². The third kappa shape index (κ3) is 16.1. The molecule has 0 saturated heterocycles. The Balaban J connectivity index is 2.87. The molecule has 0 amide bonds. The molecule has 14 nitrogen and oxygen atoms in total. The molecule has 0 aliphatic carbocycles. The van der Waals surface area contributed by atoms with E-state index in [1.165, 1.54) is 6.07 Å². The van der Waals surface area contributed by atoms with Gasteiger partial charge in [-0.05, 0) is 69.2 Å². The maximum atomic E-state index is 13.0. The summed E-state index contributed by atoms with van der Waals surface area (Å²) < 4.78 is 94.8. The van der Waals surface area contributed by atoms with E-state index in [1.807, 2.05) is 0 Å². The van der Waals surface area contributed by atoms with Crippen LogP contribution in [0.2, 0.25) is 0 Å². The molecule has 1 aromatic heterocycles. The lowest BCUT2D eigenvalue weighted by Crippen LogP contribution is -2.22. The number of hydrogen-bond acceptors (Lipinski definition) is 14. The molecular weight excluding hydrogens is 614 g/mol. The summed E-state index contributed by atoms with van der Waals surface area (Å²) in [7, 11) is -10.8. The van der Waals surface area contributed by atoms with Crippen LogP contribution in [0.5, 0.6) is 11.8 Å². The summed E-state index contributed by atoms with van der Waals surface area (Å²) in [6, 6.07) is 1.32. The number of nitrogens with zero attached hydrogens (tertiary/aromatic N) is 2. The Bertz CT molecular complexity index is 1070. The summed E-state index contributed by atoms with van der Waals surface area (Å²) in [6.45, 7) is 17.1. The first-order valence-corrected chi connectivity index (χ1v) is 19.1. The van der Waals surface area contributed by atoms with Gasteiger partial charge in [-0.3, -0.25) is 9.13 Å². The quantitative estimate of drug-likeness (QED) is 0.120. The van der Waals surface area contributed by atoms with Crippen LogP contribution in [0, 0.1) is 0 Å². The molecular formula is C25H48N2O12P2S. The Morgan fingerprint density at radius 1 is 0.643 bits per heavy atom. The minimum absolute atomic E-state index is 0.0660. The molecule has 1 aromatic rings. The van der Waals surface area contributed by atoms with Gasteiger partial charge in [0.15, 0.2) is 0 Å². The van der Waals surface area contributed by atoms with Crippen LogP contribution in [0.25, 0.3) is 0 Å². The number of ether oxygens (including phenoxy) is 4. The third-order valence-corrected chi connectivity index (χ3v) is 9.19. The molecule has 1 rings (SSSR count). The van der Waals surface area contributed by atoms with E-state index >= 15 is 0 Å². The third-order valence-electron chi connectivity index (χ3n) is 4.44. The molecule has 17 heteroatoms. The maximum absolute atomic E-state index is 13.0. The van der Waals surface area contributed by atoms with Gasteiger partial charge in [0.2, 0.25) is 21.6 Å². The molecule has 0 spiro atoms. The molecule has 0 radical (unpaired) electrons. The molecule has 0 fully saturated rings. The zero-order valence-electron chi connectivity index (χ0n) is 26.5. The normalized spacial score (nSPS) is 14.6. The second-order valence-electron chi connectivity index (χ2n) is 10.8. The van der Waals surface area contributed by atoms with Crippen molar-refractivity contribution >= 4 is 25.0 Å². The molecule has 246 valence electrons. The summed E-state index contributed by atoms with van der Waals surface area (Å²) >= 11 is 0. The van der Waals surface area contributed by atoms with Gasteiger partial charge in [0, 0.05) is 6.26 Å². The lowest BCUT2D eigenvalue weighted by molar-refractivity contribution is 0.0334. The van der Waals surface area contributed by atoms with Gasteiger partial charge in [-0.25, -0.2) is 8.42 Å². The molecule has 2 atom stereocenters. The highest BCUT2D eigenvalue weighted by atomic mass is 32.2. The smallest absolute Gasteiger partial charge is 0.356 e. The van der Waals surface area contributed by atoms with Crippen molar-refractivity contribution in [1.29, 1.82) is 0 Å². The number of sulfone groups is 1. The molecule has 42 heavy (non-hydrogen) atoms. The molecule has 0 saturated carbocycles. The first-order chi connectivity index (χ1) is 19.2. The van der Waals surface area contributed by atoms with Crippen molar-refractivity contribution in [3.05, 3.63) is 6.07 Å². The molecule has 0 aliphatic heterocycles. The molecule has 0 bridgehead atoms. The average Bonchev–Trinajstić information content (AvgIpc) is 2.81. The van der Waals surface area contributed by atoms with Gasteiger partial charge in [0.05, 0.1) is 42.7 Å². The van der Waals surface area contributed by atoms with Gasteiger partial charge in [0.25, 0.3) is 5.16 Å². The van der Waals surface area contributed by atoms with Gasteiger partial charge < -0.3 is 37.0 Å². The van der Waals surface area contributed by atoms with Crippen LogP contribution in [-0.4, -0.2) is 87.2 Å². The predicted octanol–water partition coefficient (Wildman–Crippen LogP) is 5.45. The van der Waals surface area contributed by atoms with Gasteiger partial charge >= 0.3 is 15.2 Å². The van der Waals surface area contributed by atoms with E-state index in [4.69, 9.17) is 37.0 Å². The Morgan fingerprint density at radius 2 is 0.952 bits per heavy atom. The molecule has 0 aromatic carbocycles. The minimum atomic E-state index is -3.82. The maximum Gasteiger partial charge on any atom is 0.356 e. The van der Waals surface area contributed by atoms with Crippen molar-refractivity contribution in [2.45, 2.75) is 111 Å². The van der Waals surface area contributed by atoms with E-state index in [0.29, 0.717) is 0 Å². The Kier molecular flexibility index (Phi) is 16.1. The van der Waals surface area contributed by atoms with Gasteiger partial charge in [-0.2, -0.15) is 9.97 Å². The summed E-state index contributed by atoms with van der Waals surface area (Å²) in [4.78, 5) is 7.91. The Labute approximate surface area is 250 Å². The highest BCUT2D eigenvalue weighted by Gasteiger charge is 2.30. The fourth-order valence-electron chi connectivity index (χ4n) is 3.09.